The van der Waals surface area contributed by atoms with E-state index in [4.69, 9.17) is 9.47 Å². The number of methoxy groups -OCH3 is 1. The maximum atomic E-state index is 9.57. The molecule has 0 saturated carbocycles. The minimum atomic E-state index is -0.207. The average Bonchev–Trinajstić information content (AvgIpc) is 3.09. The van der Waals surface area contributed by atoms with Crippen LogP contribution in [0.1, 0.15) is 13.3 Å². The number of anilines is 1. The van der Waals surface area contributed by atoms with Crippen molar-refractivity contribution < 1.29 is 14.6 Å². The van der Waals surface area contributed by atoms with Gasteiger partial charge in [-0.1, -0.05) is 12.1 Å². The Hall–Kier alpha value is -1.26. The zero-order chi connectivity index (χ0) is 18.4. The smallest absolute Gasteiger partial charge is 0.191 e. The van der Waals surface area contributed by atoms with Gasteiger partial charge in [0, 0.05) is 25.7 Å². The number of rotatable bonds is 7. The first-order valence-corrected chi connectivity index (χ1v) is 9.31. The van der Waals surface area contributed by atoms with E-state index in [9.17, 15) is 5.11 Å². The summed E-state index contributed by atoms with van der Waals surface area (Å²) in [7, 11) is 1.71. The molecule has 2 heterocycles. The number of guanidine groups is 1. The Balaban J connectivity index is 0.00000261. The third-order valence-corrected chi connectivity index (χ3v) is 5.02. The first-order chi connectivity index (χ1) is 12.7. The van der Waals surface area contributed by atoms with Crippen LogP contribution in [0.15, 0.2) is 29.3 Å². The molecule has 152 valence electrons. The molecule has 3 rings (SSSR count). The first-order valence-electron chi connectivity index (χ1n) is 9.31. The van der Waals surface area contributed by atoms with E-state index in [2.05, 4.69) is 33.5 Å². The fourth-order valence-corrected chi connectivity index (χ4v) is 3.37. The van der Waals surface area contributed by atoms with E-state index in [1.165, 1.54) is 0 Å². The number of aliphatic imine (C=N–C) groups is 1. The van der Waals surface area contributed by atoms with Crippen molar-refractivity contribution in [2.24, 2.45) is 10.4 Å². The summed E-state index contributed by atoms with van der Waals surface area (Å²) in [6, 6.07) is 8.45. The molecular formula is C19H31IN4O3. The van der Waals surface area contributed by atoms with Gasteiger partial charge in [0.25, 0.3) is 0 Å². The number of hydrogen-bond donors (Lipinski definition) is 3. The second-order valence-corrected chi connectivity index (χ2v) is 7.09. The van der Waals surface area contributed by atoms with Gasteiger partial charge in [-0.05, 0) is 25.5 Å². The standard InChI is InChI=1S/C19H30N4O3.HI/c1-3-20-18(21-11-19(12-24)13-26-14-19)22-15-8-9-23(10-15)16-6-4-5-7-17(16)25-2;/h4-7,15,24H,3,8-14H2,1-2H3,(H2,20,21,22);1H. The summed E-state index contributed by atoms with van der Waals surface area (Å²) in [5, 5.41) is 16.4. The van der Waals surface area contributed by atoms with E-state index >= 15 is 0 Å². The largest absolute Gasteiger partial charge is 0.495 e. The minimum Gasteiger partial charge on any atom is -0.495 e. The van der Waals surface area contributed by atoms with Crippen molar-refractivity contribution in [1.82, 2.24) is 10.6 Å². The van der Waals surface area contributed by atoms with E-state index in [0.29, 0.717) is 25.8 Å². The monoisotopic (exact) mass is 490 g/mol. The van der Waals surface area contributed by atoms with Crippen LogP contribution >= 0.6 is 24.0 Å². The number of halogens is 1. The summed E-state index contributed by atoms with van der Waals surface area (Å²) >= 11 is 0. The van der Waals surface area contributed by atoms with E-state index in [1.807, 2.05) is 18.2 Å². The summed E-state index contributed by atoms with van der Waals surface area (Å²) in [6.45, 7) is 6.58. The summed E-state index contributed by atoms with van der Waals surface area (Å²) in [5.41, 5.74) is 0.925. The lowest BCUT2D eigenvalue weighted by molar-refractivity contribution is -0.130. The van der Waals surface area contributed by atoms with E-state index in [0.717, 1.165) is 43.5 Å². The van der Waals surface area contributed by atoms with Crippen molar-refractivity contribution in [3.8, 4) is 5.75 Å². The number of ether oxygens (including phenoxy) is 2. The number of nitrogens with one attached hydrogen (secondary N) is 2. The Bertz CT molecular complexity index is 619. The van der Waals surface area contributed by atoms with Gasteiger partial charge in [0.2, 0.25) is 0 Å². The van der Waals surface area contributed by atoms with Crippen LogP contribution in [-0.4, -0.2) is 70.2 Å². The first kappa shape index (κ1) is 22.0. The quantitative estimate of drug-likeness (QED) is 0.305. The predicted molar refractivity (Wildman–Crippen MR) is 118 cm³/mol. The third kappa shape index (κ3) is 5.39. The fourth-order valence-electron chi connectivity index (χ4n) is 3.37. The lowest BCUT2D eigenvalue weighted by atomic mass is 9.87. The van der Waals surface area contributed by atoms with Gasteiger partial charge >= 0.3 is 0 Å². The van der Waals surface area contributed by atoms with Gasteiger partial charge in [-0.3, -0.25) is 4.99 Å². The van der Waals surface area contributed by atoms with Crippen LogP contribution in [0.5, 0.6) is 5.75 Å². The van der Waals surface area contributed by atoms with Crippen LogP contribution in [0.25, 0.3) is 0 Å². The topological polar surface area (TPSA) is 78.4 Å². The Kier molecular flexibility index (Phi) is 8.43. The number of nitrogens with zero attached hydrogens (tertiary/aromatic N) is 2. The van der Waals surface area contributed by atoms with Gasteiger partial charge in [0.15, 0.2) is 5.96 Å². The highest BCUT2D eigenvalue weighted by Crippen LogP contribution is 2.30. The highest BCUT2D eigenvalue weighted by molar-refractivity contribution is 14.0. The highest BCUT2D eigenvalue weighted by atomic mass is 127. The SMILES string of the molecule is CCNC(=NCC1(CO)COC1)NC1CCN(c2ccccc2OC)C1.I. The van der Waals surface area contributed by atoms with Crippen molar-refractivity contribution in [2.45, 2.75) is 19.4 Å². The molecule has 7 nitrogen and oxygen atoms in total. The summed E-state index contributed by atoms with van der Waals surface area (Å²) < 4.78 is 10.7. The number of benzene rings is 1. The molecule has 27 heavy (non-hydrogen) atoms. The Labute approximate surface area is 178 Å². The van der Waals surface area contributed by atoms with Crippen LogP contribution < -0.4 is 20.3 Å². The Morgan fingerprint density at radius 1 is 1.41 bits per heavy atom. The van der Waals surface area contributed by atoms with Crippen LogP contribution in [0.2, 0.25) is 0 Å². The summed E-state index contributed by atoms with van der Waals surface area (Å²) in [6.07, 6.45) is 1.04. The summed E-state index contributed by atoms with van der Waals surface area (Å²) in [4.78, 5) is 7.03. The molecule has 0 radical (unpaired) electrons. The van der Waals surface area contributed by atoms with Crippen molar-refractivity contribution >= 4 is 35.6 Å². The van der Waals surface area contributed by atoms with Crippen LogP contribution in [0.3, 0.4) is 0 Å². The third-order valence-electron chi connectivity index (χ3n) is 5.02. The van der Waals surface area contributed by atoms with Crippen molar-refractivity contribution in [1.29, 1.82) is 0 Å². The molecule has 3 N–H and O–H groups in total. The molecule has 2 aliphatic heterocycles. The van der Waals surface area contributed by atoms with Gasteiger partial charge in [-0.25, -0.2) is 0 Å². The van der Waals surface area contributed by atoms with E-state index < -0.39 is 0 Å². The number of aliphatic hydroxyl groups excluding tert-OH is 1. The number of hydrogen-bond acceptors (Lipinski definition) is 5. The van der Waals surface area contributed by atoms with Gasteiger partial charge in [-0.2, -0.15) is 0 Å². The van der Waals surface area contributed by atoms with Crippen molar-refractivity contribution in [3.63, 3.8) is 0 Å². The highest BCUT2D eigenvalue weighted by Gasteiger charge is 2.38. The molecule has 1 atom stereocenters. The fraction of sp³-hybridized carbons (Fsp3) is 0.632. The molecule has 8 heteroatoms. The molecule has 1 aromatic rings. The molecular weight excluding hydrogens is 459 g/mol. The normalized spacial score (nSPS) is 21.2. The molecule has 2 saturated heterocycles. The number of para-hydroxylation sites is 2. The van der Waals surface area contributed by atoms with Gasteiger partial charge in [-0.15, -0.1) is 24.0 Å². The molecule has 2 aliphatic rings. The minimum absolute atomic E-state index is 0. The second kappa shape index (κ2) is 10.3. The zero-order valence-electron chi connectivity index (χ0n) is 16.1. The van der Waals surface area contributed by atoms with E-state index in [-0.39, 0.29) is 36.0 Å². The lowest BCUT2D eigenvalue weighted by Crippen LogP contribution is -2.50. The van der Waals surface area contributed by atoms with Gasteiger partial charge < -0.3 is 30.1 Å². The second-order valence-electron chi connectivity index (χ2n) is 7.09. The average molecular weight is 490 g/mol. The molecule has 2 fully saturated rings. The summed E-state index contributed by atoms with van der Waals surface area (Å²) in [5.74, 6) is 1.71. The molecule has 0 aliphatic carbocycles. The van der Waals surface area contributed by atoms with Crippen LogP contribution in [0.4, 0.5) is 5.69 Å². The molecule has 0 amide bonds. The molecule has 0 spiro atoms. The Morgan fingerprint density at radius 3 is 2.81 bits per heavy atom. The van der Waals surface area contributed by atoms with E-state index in [1.54, 1.807) is 7.11 Å². The van der Waals surface area contributed by atoms with Crippen molar-refractivity contribution in [3.05, 3.63) is 24.3 Å². The zero-order valence-corrected chi connectivity index (χ0v) is 18.4. The van der Waals surface area contributed by atoms with Crippen molar-refractivity contribution in [2.75, 3.05) is 58.0 Å². The maximum Gasteiger partial charge on any atom is 0.191 e. The van der Waals surface area contributed by atoms with Crippen LogP contribution in [0, 0.1) is 5.41 Å². The Morgan fingerprint density at radius 2 is 2.19 bits per heavy atom. The van der Waals surface area contributed by atoms with Crippen LogP contribution in [-0.2, 0) is 4.74 Å². The molecule has 0 aromatic heterocycles. The van der Waals surface area contributed by atoms with Gasteiger partial charge in [0.1, 0.15) is 5.75 Å². The lowest BCUT2D eigenvalue weighted by Gasteiger charge is -2.38. The predicted octanol–water partition coefficient (Wildman–Crippen LogP) is 1.46. The molecule has 0 bridgehead atoms. The maximum absolute atomic E-state index is 9.57. The molecule has 1 unspecified atom stereocenters. The number of aliphatic hydroxyl groups is 1. The molecule has 1 aromatic carbocycles. The van der Waals surface area contributed by atoms with Gasteiger partial charge in [0.05, 0.1) is 44.6 Å².